The third kappa shape index (κ3) is 6.95. The number of nitrogens with zero attached hydrogens (tertiary/aromatic N) is 4. The number of hydrogen-bond acceptors (Lipinski definition) is 4. The van der Waals surface area contributed by atoms with E-state index in [0.717, 1.165) is 43.5 Å². The van der Waals surface area contributed by atoms with Crippen molar-refractivity contribution in [1.82, 2.24) is 25.4 Å². The molecule has 0 aromatic carbocycles. The van der Waals surface area contributed by atoms with Gasteiger partial charge in [-0.25, -0.2) is 9.67 Å². The number of guanidine groups is 1. The van der Waals surface area contributed by atoms with Crippen LogP contribution in [0.15, 0.2) is 41.8 Å². The normalized spacial score (nSPS) is 15.7. The first-order valence-corrected chi connectivity index (χ1v) is 10.2. The highest BCUT2D eigenvalue weighted by Crippen LogP contribution is 2.40. The number of aliphatic imine (C=N–C) groups is 1. The third-order valence-corrected chi connectivity index (χ3v) is 5.51. The summed E-state index contributed by atoms with van der Waals surface area (Å²) in [5, 5.41) is 11.2. The SMILES string of the molecule is CCOCCC1(CNC(=NC)NCc2ccnc(-n3cccn3)c2)CCCC1.I. The Bertz CT molecular complexity index is 743. The lowest BCUT2D eigenvalue weighted by Crippen LogP contribution is -2.43. The summed E-state index contributed by atoms with van der Waals surface area (Å²) in [7, 11) is 1.82. The van der Waals surface area contributed by atoms with E-state index in [4.69, 9.17) is 4.74 Å². The number of rotatable bonds is 9. The zero-order valence-corrected chi connectivity index (χ0v) is 19.8. The Hall–Kier alpha value is -1.68. The van der Waals surface area contributed by atoms with Gasteiger partial charge in [-0.15, -0.1) is 24.0 Å². The minimum Gasteiger partial charge on any atom is -0.382 e. The molecule has 0 amide bonds. The smallest absolute Gasteiger partial charge is 0.191 e. The minimum atomic E-state index is 0. The van der Waals surface area contributed by atoms with Crippen LogP contribution in [-0.4, -0.2) is 47.5 Å². The summed E-state index contributed by atoms with van der Waals surface area (Å²) in [4.78, 5) is 8.77. The first-order valence-electron chi connectivity index (χ1n) is 10.2. The Morgan fingerprint density at radius 2 is 2.10 bits per heavy atom. The van der Waals surface area contributed by atoms with Crippen molar-refractivity contribution in [3.63, 3.8) is 0 Å². The predicted octanol–water partition coefficient (Wildman–Crippen LogP) is 3.54. The molecule has 0 bridgehead atoms. The van der Waals surface area contributed by atoms with Crippen molar-refractivity contribution < 1.29 is 4.74 Å². The molecule has 2 N–H and O–H groups in total. The molecule has 7 nitrogen and oxygen atoms in total. The summed E-state index contributed by atoms with van der Waals surface area (Å²) in [5.74, 6) is 1.65. The highest BCUT2D eigenvalue weighted by molar-refractivity contribution is 14.0. The van der Waals surface area contributed by atoms with Gasteiger partial charge in [0, 0.05) is 51.9 Å². The maximum atomic E-state index is 5.61. The molecule has 0 unspecified atom stereocenters. The first-order chi connectivity index (χ1) is 13.7. The molecule has 0 spiro atoms. The maximum Gasteiger partial charge on any atom is 0.191 e. The van der Waals surface area contributed by atoms with Gasteiger partial charge in [0.25, 0.3) is 0 Å². The van der Waals surface area contributed by atoms with Crippen molar-refractivity contribution in [1.29, 1.82) is 0 Å². The van der Waals surface area contributed by atoms with Crippen LogP contribution in [0.25, 0.3) is 5.82 Å². The second kappa shape index (κ2) is 12.1. The van der Waals surface area contributed by atoms with Crippen molar-refractivity contribution in [2.45, 2.75) is 45.6 Å². The molecular formula is C21H33IN6O. The van der Waals surface area contributed by atoms with Crippen LogP contribution in [0.1, 0.15) is 44.6 Å². The van der Waals surface area contributed by atoms with Crippen LogP contribution >= 0.6 is 24.0 Å². The molecule has 29 heavy (non-hydrogen) atoms. The van der Waals surface area contributed by atoms with Gasteiger partial charge in [0.15, 0.2) is 11.8 Å². The molecular weight excluding hydrogens is 479 g/mol. The van der Waals surface area contributed by atoms with E-state index >= 15 is 0 Å². The maximum absolute atomic E-state index is 5.61. The monoisotopic (exact) mass is 512 g/mol. The average molecular weight is 512 g/mol. The summed E-state index contributed by atoms with van der Waals surface area (Å²) in [6.07, 6.45) is 11.7. The third-order valence-electron chi connectivity index (χ3n) is 5.51. The van der Waals surface area contributed by atoms with Gasteiger partial charge in [0.05, 0.1) is 0 Å². The van der Waals surface area contributed by atoms with Crippen LogP contribution in [-0.2, 0) is 11.3 Å². The molecule has 2 aromatic rings. The molecule has 0 saturated heterocycles. The van der Waals surface area contributed by atoms with Crippen molar-refractivity contribution in [2.75, 3.05) is 26.8 Å². The van der Waals surface area contributed by atoms with Crippen molar-refractivity contribution >= 4 is 29.9 Å². The lowest BCUT2D eigenvalue weighted by molar-refractivity contribution is 0.105. The second-order valence-corrected chi connectivity index (χ2v) is 7.41. The lowest BCUT2D eigenvalue weighted by atomic mass is 9.83. The predicted molar refractivity (Wildman–Crippen MR) is 127 cm³/mol. The number of nitrogens with one attached hydrogen (secondary N) is 2. The summed E-state index contributed by atoms with van der Waals surface area (Å²) < 4.78 is 7.38. The van der Waals surface area contributed by atoms with Gasteiger partial charge < -0.3 is 15.4 Å². The lowest BCUT2D eigenvalue weighted by Gasteiger charge is -2.30. The molecule has 160 valence electrons. The summed E-state index contributed by atoms with van der Waals surface area (Å²) in [5.41, 5.74) is 1.46. The van der Waals surface area contributed by atoms with Gasteiger partial charge in [-0.3, -0.25) is 4.99 Å². The van der Waals surface area contributed by atoms with Crippen LogP contribution in [0.2, 0.25) is 0 Å². The van der Waals surface area contributed by atoms with Gasteiger partial charge in [-0.2, -0.15) is 5.10 Å². The van der Waals surface area contributed by atoms with E-state index in [1.807, 2.05) is 37.6 Å². The molecule has 0 radical (unpaired) electrons. The quantitative estimate of drug-likeness (QED) is 0.233. The fourth-order valence-corrected chi connectivity index (χ4v) is 3.85. The van der Waals surface area contributed by atoms with E-state index in [1.54, 1.807) is 10.9 Å². The highest BCUT2D eigenvalue weighted by Gasteiger charge is 2.33. The second-order valence-electron chi connectivity index (χ2n) is 7.41. The standard InChI is InChI=1S/C21H32N6O.HI/c1-3-28-14-10-21(8-4-5-9-21)17-25-20(22-2)24-16-18-7-12-23-19(15-18)27-13-6-11-26-27;/h6-7,11-13,15H,3-5,8-10,14,16-17H2,1-2H3,(H2,22,24,25);1H. The van der Waals surface area contributed by atoms with E-state index < -0.39 is 0 Å². The highest BCUT2D eigenvalue weighted by atomic mass is 127. The van der Waals surface area contributed by atoms with Gasteiger partial charge >= 0.3 is 0 Å². The van der Waals surface area contributed by atoms with Crippen LogP contribution in [0.4, 0.5) is 0 Å². The van der Waals surface area contributed by atoms with E-state index in [1.165, 1.54) is 25.7 Å². The first kappa shape index (κ1) is 23.6. The Balaban J connectivity index is 0.00000300. The van der Waals surface area contributed by atoms with Crippen molar-refractivity contribution in [3.8, 4) is 5.82 Å². The molecule has 1 saturated carbocycles. The fourth-order valence-electron chi connectivity index (χ4n) is 3.85. The zero-order valence-electron chi connectivity index (χ0n) is 17.4. The van der Waals surface area contributed by atoms with E-state index in [0.29, 0.717) is 12.0 Å². The van der Waals surface area contributed by atoms with Crippen LogP contribution in [0, 0.1) is 5.41 Å². The Morgan fingerprint density at radius 3 is 2.79 bits per heavy atom. The molecule has 1 aliphatic carbocycles. The Morgan fingerprint density at radius 1 is 1.28 bits per heavy atom. The molecule has 2 aromatic heterocycles. The molecule has 0 aliphatic heterocycles. The van der Waals surface area contributed by atoms with Gasteiger partial charge in [-0.05, 0) is 55.4 Å². The number of hydrogen-bond donors (Lipinski definition) is 2. The number of pyridine rings is 1. The Labute approximate surface area is 190 Å². The number of halogens is 1. The molecule has 2 heterocycles. The van der Waals surface area contributed by atoms with E-state index in [-0.39, 0.29) is 24.0 Å². The van der Waals surface area contributed by atoms with Gasteiger partial charge in [0.1, 0.15) is 0 Å². The van der Waals surface area contributed by atoms with E-state index in [2.05, 4.69) is 32.6 Å². The summed E-state index contributed by atoms with van der Waals surface area (Å²) in [6, 6.07) is 5.93. The fraction of sp³-hybridized carbons (Fsp3) is 0.571. The molecule has 8 heteroatoms. The summed E-state index contributed by atoms with van der Waals surface area (Å²) >= 11 is 0. The topological polar surface area (TPSA) is 76.4 Å². The number of aromatic nitrogens is 3. The van der Waals surface area contributed by atoms with Crippen molar-refractivity contribution in [3.05, 3.63) is 42.4 Å². The molecule has 3 rings (SSSR count). The van der Waals surface area contributed by atoms with Crippen molar-refractivity contribution in [2.24, 2.45) is 10.4 Å². The van der Waals surface area contributed by atoms with E-state index in [9.17, 15) is 0 Å². The zero-order chi connectivity index (χ0) is 19.7. The van der Waals surface area contributed by atoms with Crippen LogP contribution in [0.5, 0.6) is 0 Å². The molecule has 1 aliphatic rings. The summed E-state index contributed by atoms with van der Waals surface area (Å²) in [6.45, 7) is 5.32. The molecule has 1 fully saturated rings. The molecule has 0 atom stereocenters. The minimum absolute atomic E-state index is 0. The number of ether oxygens (including phenoxy) is 1. The van der Waals surface area contributed by atoms with Crippen LogP contribution in [0.3, 0.4) is 0 Å². The van der Waals surface area contributed by atoms with Gasteiger partial charge in [0.2, 0.25) is 0 Å². The Kier molecular flexibility index (Phi) is 9.86. The van der Waals surface area contributed by atoms with Crippen LogP contribution < -0.4 is 10.6 Å². The largest absolute Gasteiger partial charge is 0.382 e. The average Bonchev–Trinajstić information content (AvgIpc) is 3.41. The van der Waals surface area contributed by atoms with Gasteiger partial charge in [-0.1, -0.05) is 12.8 Å².